The predicted molar refractivity (Wildman–Crippen MR) is 106 cm³/mol. The highest BCUT2D eigenvalue weighted by Crippen LogP contribution is 2.71. The molecule has 0 spiro atoms. The van der Waals surface area contributed by atoms with Gasteiger partial charge in [-0.3, -0.25) is 4.79 Å². The molecule has 0 radical (unpaired) electrons. The van der Waals surface area contributed by atoms with Crippen LogP contribution in [-0.2, 0) is 4.79 Å². The molecule has 0 bridgehead atoms. The van der Waals surface area contributed by atoms with Gasteiger partial charge in [0.15, 0.2) is 0 Å². The van der Waals surface area contributed by atoms with Crippen molar-refractivity contribution in [2.45, 2.75) is 110 Å². The molecule has 0 fully saturated rings. The summed E-state index contributed by atoms with van der Waals surface area (Å²) in [6.45, 7) is 10.5. The first kappa shape index (κ1) is 36.6. The molecular weight excluding hydrogens is 565 g/mol. The zero-order valence-electron chi connectivity index (χ0n) is 21.4. The maximum atomic E-state index is 14.4. The van der Waals surface area contributed by atoms with Gasteiger partial charge in [-0.25, -0.2) is 0 Å². The van der Waals surface area contributed by atoms with E-state index in [0.29, 0.717) is 0 Å². The van der Waals surface area contributed by atoms with Crippen LogP contribution in [0.2, 0.25) is 0 Å². The van der Waals surface area contributed by atoms with E-state index in [0.717, 1.165) is 0 Å². The fourth-order valence-corrected chi connectivity index (χ4v) is 4.35. The molecule has 0 aliphatic heterocycles. The van der Waals surface area contributed by atoms with Crippen LogP contribution in [0.25, 0.3) is 0 Å². The van der Waals surface area contributed by atoms with Crippen molar-refractivity contribution in [3.63, 3.8) is 0 Å². The topological polar surface area (TPSA) is 17.1 Å². The van der Waals surface area contributed by atoms with Gasteiger partial charge < -0.3 is 0 Å². The minimum absolute atomic E-state index is 0.100. The number of carbonyl (C=O) groups excluding carboxylic acids is 1. The molecule has 0 aliphatic rings. The van der Waals surface area contributed by atoms with Crippen molar-refractivity contribution in [2.24, 2.45) is 21.7 Å². The molecule has 0 aromatic rings. The summed E-state index contributed by atoms with van der Waals surface area (Å²) < 4.78 is 203. The molecule has 0 N–H and O–H groups in total. The lowest BCUT2D eigenvalue weighted by Crippen LogP contribution is -2.75. The first-order valence-electron chi connectivity index (χ1n) is 11.0. The average Bonchev–Trinajstić information content (AvgIpc) is 2.60. The Labute approximate surface area is 209 Å². The Hall–Kier alpha value is -1.38. The maximum absolute atomic E-state index is 14.4. The highest BCUT2D eigenvalue weighted by molar-refractivity contribution is 5.85. The lowest BCUT2D eigenvalue weighted by molar-refractivity contribution is -0.507. The normalized spacial score (nSPS) is 17.4. The van der Waals surface area contributed by atoms with Gasteiger partial charge in [0, 0.05) is 18.3 Å². The number of carbonyl (C=O) groups is 1. The minimum atomic E-state index is -8.55. The SMILES string of the molecule is CCC(C)(C)C(C)(CC(C)(C)C)C(=O)CCC(F)(F)C(F)(F)C(F)(F)C(C(F)(F)F)(C(F)(F)F)C(F)(F)F. The Balaban J connectivity index is 6.83. The van der Waals surface area contributed by atoms with Crippen molar-refractivity contribution < 1.29 is 70.7 Å². The smallest absolute Gasteiger partial charge is 0.299 e. The van der Waals surface area contributed by atoms with E-state index in [2.05, 4.69) is 0 Å². The Morgan fingerprint density at radius 1 is 0.579 bits per heavy atom. The van der Waals surface area contributed by atoms with Gasteiger partial charge in [-0.15, -0.1) is 0 Å². The molecule has 0 aromatic carbocycles. The molecule has 1 atom stereocenters. The number of alkyl halides is 15. The third-order valence-corrected chi connectivity index (χ3v) is 7.14. The lowest BCUT2D eigenvalue weighted by Gasteiger charge is -2.47. The Bertz CT molecular complexity index is 805. The van der Waals surface area contributed by atoms with Crippen LogP contribution < -0.4 is 0 Å². The van der Waals surface area contributed by atoms with E-state index in [1.54, 1.807) is 27.7 Å². The van der Waals surface area contributed by atoms with E-state index in [4.69, 9.17) is 0 Å². The van der Waals surface area contributed by atoms with Crippen LogP contribution in [0, 0.1) is 21.7 Å². The van der Waals surface area contributed by atoms with Gasteiger partial charge in [-0.2, -0.15) is 65.9 Å². The lowest BCUT2D eigenvalue weighted by atomic mass is 9.57. The molecule has 0 saturated carbocycles. The summed E-state index contributed by atoms with van der Waals surface area (Å²) in [5.41, 5.74) is -12.0. The second kappa shape index (κ2) is 9.91. The Morgan fingerprint density at radius 2 is 0.921 bits per heavy atom. The van der Waals surface area contributed by atoms with Gasteiger partial charge in [0.1, 0.15) is 5.78 Å². The van der Waals surface area contributed by atoms with Crippen molar-refractivity contribution in [2.75, 3.05) is 0 Å². The molecule has 1 unspecified atom stereocenters. The molecule has 0 aromatic heterocycles. The first-order chi connectivity index (χ1) is 16.1. The second-order valence-corrected chi connectivity index (χ2v) is 11.3. The first-order valence-corrected chi connectivity index (χ1v) is 11.0. The van der Waals surface area contributed by atoms with E-state index in [-0.39, 0.29) is 12.8 Å². The summed E-state index contributed by atoms with van der Waals surface area (Å²) in [5, 5.41) is 0. The summed E-state index contributed by atoms with van der Waals surface area (Å²) in [6.07, 6.45) is -29.1. The largest absolute Gasteiger partial charge is 0.418 e. The minimum Gasteiger partial charge on any atom is -0.299 e. The fraction of sp³-hybridized carbons (Fsp3) is 0.955. The van der Waals surface area contributed by atoms with Gasteiger partial charge in [0.2, 0.25) is 0 Å². The summed E-state index contributed by atoms with van der Waals surface area (Å²) >= 11 is 0. The number of ketones is 1. The van der Waals surface area contributed by atoms with E-state index >= 15 is 0 Å². The average molecular weight is 594 g/mol. The summed E-state index contributed by atoms with van der Waals surface area (Å²) in [5.74, 6) is -24.2. The molecule has 0 aliphatic carbocycles. The molecule has 16 heteroatoms. The van der Waals surface area contributed by atoms with Crippen molar-refractivity contribution in [1.29, 1.82) is 0 Å². The number of Topliss-reactive ketones (excluding diaryl/α,β-unsaturated/α-hetero) is 1. The van der Waals surface area contributed by atoms with Crippen LogP contribution in [0.15, 0.2) is 0 Å². The van der Waals surface area contributed by atoms with Crippen LogP contribution in [0.1, 0.15) is 74.1 Å². The van der Waals surface area contributed by atoms with Gasteiger partial charge in [0.05, 0.1) is 0 Å². The summed E-state index contributed by atoms with van der Waals surface area (Å²) in [4.78, 5) is 12.9. The molecule has 1 nitrogen and oxygen atoms in total. The van der Waals surface area contributed by atoms with Gasteiger partial charge >= 0.3 is 41.7 Å². The monoisotopic (exact) mass is 594 g/mol. The van der Waals surface area contributed by atoms with Crippen LogP contribution in [-0.4, -0.2) is 42.1 Å². The van der Waals surface area contributed by atoms with Gasteiger partial charge in [0.25, 0.3) is 0 Å². The van der Waals surface area contributed by atoms with Crippen LogP contribution >= 0.6 is 0 Å². The predicted octanol–water partition coefficient (Wildman–Crippen LogP) is 9.79. The molecule has 0 rings (SSSR count). The maximum Gasteiger partial charge on any atom is 0.418 e. The number of hydrogen-bond donors (Lipinski definition) is 0. The Morgan fingerprint density at radius 3 is 1.18 bits per heavy atom. The van der Waals surface area contributed by atoms with Crippen molar-refractivity contribution in [3.05, 3.63) is 0 Å². The standard InChI is InChI=1S/C22H29F15O/c1-8-14(5,6)15(7,11-13(2,3)4)12(38)9-10-16(23,24)18(25,26)19(27,28)17(20(29,30)31,21(32,33)34)22(35,36)37/h8-11H2,1-7H3. The highest BCUT2D eigenvalue weighted by atomic mass is 19.4. The molecule has 0 heterocycles. The van der Waals surface area contributed by atoms with E-state index < -0.39 is 76.6 Å². The van der Waals surface area contributed by atoms with Crippen LogP contribution in [0.4, 0.5) is 65.9 Å². The quantitative estimate of drug-likeness (QED) is 0.230. The highest BCUT2D eigenvalue weighted by Gasteiger charge is 2.99. The number of halogens is 15. The zero-order chi connectivity index (χ0) is 31.4. The van der Waals surface area contributed by atoms with Crippen molar-refractivity contribution in [3.8, 4) is 0 Å². The Kier molecular flexibility index (Phi) is 9.55. The zero-order valence-corrected chi connectivity index (χ0v) is 21.4. The van der Waals surface area contributed by atoms with Gasteiger partial charge in [-0.1, -0.05) is 54.9 Å². The molecule has 228 valence electrons. The van der Waals surface area contributed by atoms with Crippen molar-refractivity contribution in [1.82, 2.24) is 0 Å². The van der Waals surface area contributed by atoms with E-state index in [1.165, 1.54) is 20.8 Å². The molecule has 0 saturated heterocycles. The van der Waals surface area contributed by atoms with Crippen molar-refractivity contribution >= 4 is 5.78 Å². The third kappa shape index (κ3) is 5.73. The summed E-state index contributed by atoms with van der Waals surface area (Å²) in [6, 6.07) is 0. The number of rotatable bonds is 10. The van der Waals surface area contributed by atoms with Crippen LogP contribution in [0.5, 0.6) is 0 Å². The van der Waals surface area contributed by atoms with E-state index in [9.17, 15) is 70.7 Å². The van der Waals surface area contributed by atoms with Gasteiger partial charge in [-0.05, 0) is 17.3 Å². The molecule has 0 amide bonds. The summed E-state index contributed by atoms with van der Waals surface area (Å²) in [7, 11) is 0. The third-order valence-electron chi connectivity index (χ3n) is 7.14. The second-order valence-electron chi connectivity index (χ2n) is 11.3. The molecule has 38 heavy (non-hydrogen) atoms. The van der Waals surface area contributed by atoms with E-state index in [1.807, 2.05) is 0 Å². The molecular formula is C22H29F15O. The number of hydrogen-bond acceptors (Lipinski definition) is 1. The van der Waals surface area contributed by atoms with Crippen LogP contribution in [0.3, 0.4) is 0 Å². The fourth-order valence-electron chi connectivity index (χ4n) is 4.35.